The Bertz CT molecular complexity index is 435. The summed E-state index contributed by atoms with van der Waals surface area (Å²) in [6.45, 7) is 27.6. The summed E-state index contributed by atoms with van der Waals surface area (Å²) in [5.74, 6) is 0. The molecule has 0 amide bonds. The molecular formula is C25H55NO5P2. The fourth-order valence-electron chi connectivity index (χ4n) is 3.74. The van der Waals surface area contributed by atoms with Crippen LogP contribution in [0.3, 0.4) is 0 Å². The van der Waals surface area contributed by atoms with Crippen LogP contribution >= 0.6 is 17.2 Å². The zero-order valence-electron chi connectivity index (χ0n) is 23.6. The van der Waals surface area contributed by atoms with Gasteiger partial charge in [-0.3, -0.25) is 4.90 Å². The highest BCUT2D eigenvalue weighted by atomic mass is 31.1. The molecule has 0 rings (SSSR count). The summed E-state index contributed by atoms with van der Waals surface area (Å²) < 4.78 is 30.7. The van der Waals surface area contributed by atoms with E-state index in [1.807, 2.05) is 0 Å². The third-order valence-corrected chi connectivity index (χ3v) is 7.31. The zero-order chi connectivity index (χ0) is 25.7. The van der Waals surface area contributed by atoms with Gasteiger partial charge >= 0.3 is 0 Å². The summed E-state index contributed by atoms with van der Waals surface area (Å²) in [7, 11) is 1.10. The van der Waals surface area contributed by atoms with Crippen LogP contribution in [0.5, 0.6) is 0 Å². The first-order valence-corrected chi connectivity index (χ1v) is 15.2. The average molecular weight is 512 g/mol. The molecule has 0 aromatic carbocycles. The normalized spacial score (nSPS) is 15.2. The average Bonchev–Trinajstić information content (AvgIpc) is 2.61. The Hall–Kier alpha value is 0.620. The molecule has 0 aromatic heterocycles. The molecule has 0 bridgehead atoms. The van der Waals surface area contributed by atoms with Crippen LogP contribution in [-0.2, 0) is 23.7 Å². The van der Waals surface area contributed by atoms with Gasteiger partial charge in [-0.25, -0.2) is 0 Å². The molecule has 0 N–H and O–H groups in total. The molecule has 0 fully saturated rings. The van der Waals surface area contributed by atoms with E-state index in [2.05, 4.69) is 88.0 Å². The third kappa shape index (κ3) is 16.8. The maximum Gasteiger partial charge on any atom is 0.181 e. The summed E-state index contributed by atoms with van der Waals surface area (Å²) >= 11 is 0. The van der Waals surface area contributed by atoms with Crippen molar-refractivity contribution in [3.05, 3.63) is 0 Å². The summed E-state index contributed by atoms with van der Waals surface area (Å²) in [6.07, 6.45) is 3.62. The van der Waals surface area contributed by atoms with Gasteiger partial charge in [0.1, 0.15) is 6.23 Å². The van der Waals surface area contributed by atoms with E-state index in [1.165, 1.54) is 0 Å². The third-order valence-electron chi connectivity index (χ3n) is 4.61. The van der Waals surface area contributed by atoms with Crippen LogP contribution in [0.1, 0.15) is 89.5 Å². The maximum atomic E-state index is 6.16. The molecule has 0 saturated heterocycles. The SMILES string of the molecule is CCCOC(C)N(CCPC(C)(OC(C)C)OC(C)C)CCPC(C)(OC(C)C)OC(C)C. The van der Waals surface area contributed by atoms with E-state index in [0.29, 0.717) is 17.2 Å². The van der Waals surface area contributed by atoms with Crippen LogP contribution in [0, 0.1) is 0 Å². The monoisotopic (exact) mass is 511 g/mol. The maximum absolute atomic E-state index is 6.16. The Balaban J connectivity index is 5.07. The van der Waals surface area contributed by atoms with Gasteiger partial charge < -0.3 is 23.7 Å². The van der Waals surface area contributed by atoms with Crippen molar-refractivity contribution < 1.29 is 23.7 Å². The van der Waals surface area contributed by atoms with Crippen LogP contribution in [0.25, 0.3) is 0 Å². The predicted octanol–water partition coefficient (Wildman–Crippen LogP) is 6.47. The summed E-state index contributed by atoms with van der Waals surface area (Å²) in [5, 5.41) is 0. The van der Waals surface area contributed by atoms with Crippen LogP contribution < -0.4 is 0 Å². The van der Waals surface area contributed by atoms with Crippen molar-refractivity contribution in [1.29, 1.82) is 0 Å². The van der Waals surface area contributed by atoms with Crippen molar-refractivity contribution >= 4 is 17.2 Å². The second kappa shape index (κ2) is 17.1. The number of nitrogens with zero attached hydrogens (tertiary/aromatic N) is 1. The molecule has 3 atom stereocenters. The van der Waals surface area contributed by atoms with Gasteiger partial charge in [-0.1, -0.05) is 24.1 Å². The Morgan fingerprint density at radius 2 is 0.970 bits per heavy atom. The first kappa shape index (κ1) is 33.6. The molecule has 0 aromatic rings. The molecule has 3 unspecified atom stereocenters. The molecule has 33 heavy (non-hydrogen) atoms. The molecule has 0 spiro atoms. The van der Waals surface area contributed by atoms with E-state index in [9.17, 15) is 0 Å². The predicted molar refractivity (Wildman–Crippen MR) is 145 cm³/mol. The van der Waals surface area contributed by atoms with Gasteiger partial charge in [-0.15, -0.1) is 0 Å². The van der Waals surface area contributed by atoms with Crippen LogP contribution in [0.2, 0.25) is 0 Å². The second-order valence-corrected chi connectivity index (χ2v) is 13.4. The van der Waals surface area contributed by atoms with Gasteiger partial charge in [0.15, 0.2) is 11.1 Å². The zero-order valence-corrected chi connectivity index (χ0v) is 25.6. The smallest absolute Gasteiger partial charge is 0.181 e. The first-order valence-electron chi connectivity index (χ1n) is 12.8. The lowest BCUT2D eigenvalue weighted by Gasteiger charge is -2.36. The molecule has 200 valence electrons. The minimum absolute atomic E-state index is 0.0751. The molecule has 0 saturated carbocycles. The van der Waals surface area contributed by atoms with Gasteiger partial charge in [0.25, 0.3) is 0 Å². The van der Waals surface area contributed by atoms with E-state index < -0.39 is 11.1 Å². The number of ether oxygens (including phenoxy) is 5. The van der Waals surface area contributed by atoms with E-state index >= 15 is 0 Å². The summed E-state index contributed by atoms with van der Waals surface area (Å²) in [6, 6.07) is 0. The summed E-state index contributed by atoms with van der Waals surface area (Å²) in [4.78, 5) is 2.44. The molecule has 8 heteroatoms. The van der Waals surface area contributed by atoms with Crippen molar-refractivity contribution in [2.75, 3.05) is 32.0 Å². The van der Waals surface area contributed by atoms with Crippen molar-refractivity contribution in [2.24, 2.45) is 0 Å². The highest BCUT2D eigenvalue weighted by molar-refractivity contribution is 7.39. The van der Waals surface area contributed by atoms with E-state index in [0.717, 1.165) is 38.4 Å². The van der Waals surface area contributed by atoms with Crippen molar-refractivity contribution in [3.63, 3.8) is 0 Å². The Morgan fingerprint density at radius 3 is 1.24 bits per heavy atom. The Kier molecular flexibility index (Phi) is 17.5. The van der Waals surface area contributed by atoms with Crippen molar-refractivity contribution in [3.8, 4) is 0 Å². The number of hydrogen-bond donors (Lipinski definition) is 0. The van der Waals surface area contributed by atoms with Crippen LogP contribution in [0.15, 0.2) is 0 Å². The van der Waals surface area contributed by atoms with E-state index in [1.54, 1.807) is 0 Å². The lowest BCUT2D eigenvalue weighted by molar-refractivity contribution is -0.199. The van der Waals surface area contributed by atoms with Gasteiger partial charge in [0.05, 0.1) is 24.4 Å². The van der Waals surface area contributed by atoms with Gasteiger partial charge in [-0.2, -0.15) is 0 Å². The molecule has 0 heterocycles. The fraction of sp³-hybridized carbons (Fsp3) is 1.00. The lowest BCUT2D eigenvalue weighted by atomic mass is 10.4. The fourth-order valence-corrected chi connectivity index (χ4v) is 6.73. The first-order chi connectivity index (χ1) is 15.2. The van der Waals surface area contributed by atoms with Crippen LogP contribution in [0.4, 0.5) is 0 Å². The minimum atomic E-state index is -0.544. The largest absolute Gasteiger partial charge is 0.363 e. The molecule has 0 radical (unpaired) electrons. The molecule has 0 aliphatic rings. The lowest BCUT2D eigenvalue weighted by Crippen LogP contribution is -2.40. The van der Waals surface area contributed by atoms with Gasteiger partial charge in [-0.05, 0) is 94.9 Å². The van der Waals surface area contributed by atoms with Crippen molar-refractivity contribution in [1.82, 2.24) is 4.90 Å². The van der Waals surface area contributed by atoms with Crippen LogP contribution in [-0.4, -0.2) is 78.6 Å². The molecule has 0 aliphatic heterocycles. The van der Waals surface area contributed by atoms with Gasteiger partial charge in [0, 0.05) is 19.7 Å². The highest BCUT2D eigenvalue weighted by Crippen LogP contribution is 2.38. The topological polar surface area (TPSA) is 49.4 Å². The molecule has 6 nitrogen and oxygen atoms in total. The quantitative estimate of drug-likeness (QED) is 0.138. The molecular weight excluding hydrogens is 456 g/mol. The van der Waals surface area contributed by atoms with E-state index in [4.69, 9.17) is 23.7 Å². The highest BCUT2D eigenvalue weighted by Gasteiger charge is 2.30. The second-order valence-electron chi connectivity index (χ2n) is 9.92. The number of rotatable bonds is 20. The van der Waals surface area contributed by atoms with Crippen molar-refractivity contribution in [2.45, 2.75) is 131 Å². The minimum Gasteiger partial charge on any atom is -0.363 e. The Labute approximate surface area is 209 Å². The van der Waals surface area contributed by atoms with E-state index in [-0.39, 0.29) is 30.6 Å². The Morgan fingerprint density at radius 1 is 0.636 bits per heavy atom. The summed E-state index contributed by atoms with van der Waals surface area (Å²) in [5.41, 5.74) is -1.09. The number of hydrogen-bond acceptors (Lipinski definition) is 6. The van der Waals surface area contributed by atoms with Gasteiger partial charge in [0.2, 0.25) is 0 Å². The molecule has 0 aliphatic carbocycles. The standard InChI is InChI=1S/C25H55NO5P2/c1-13-16-27-23(10)26(14-17-32-24(11,28-19(2)3)29-20(4)5)15-18-33-25(12,30-21(6)7)31-22(8)9/h19-23,32-33H,13-18H2,1-12H3.